The molecule has 2 amide bonds. The summed E-state index contributed by atoms with van der Waals surface area (Å²) in [5.41, 5.74) is 0.765. The molecule has 0 aromatic carbocycles. The van der Waals surface area contributed by atoms with Crippen molar-refractivity contribution in [3.05, 3.63) is 48.2 Å². The van der Waals surface area contributed by atoms with Crippen molar-refractivity contribution in [1.29, 1.82) is 0 Å². The van der Waals surface area contributed by atoms with E-state index in [1.165, 1.54) is 18.6 Å². The Morgan fingerprint density at radius 1 is 1.04 bits per heavy atom. The van der Waals surface area contributed by atoms with Crippen LogP contribution < -0.4 is 4.74 Å². The van der Waals surface area contributed by atoms with Gasteiger partial charge >= 0.3 is 0 Å². The summed E-state index contributed by atoms with van der Waals surface area (Å²) >= 11 is 0. The van der Waals surface area contributed by atoms with Crippen molar-refractivity contribution in [2.24, 2.45) is 0 Å². The molecule has 0 bridgehead atoms. The van der Waals surface area contributed by atoms with Crippen molar-refractivity contribution < 1.29 is 14.3 Å². The summed E-state index contributed by atoms with van der Waals surface area (Å²) in [6.07, 6.45) is 6.79. The number of hydrogen-bond acceptors (Lipinski definition) is 6. The molecule has 136 valence electrons. The molecule has 26 heavy (non-hydrogen) atoms. The summed E-state index contributed by atoms with van der Waals surface area (Å²) in [6, 6.07) is 3.44. The first kappa shape index (κ1) is 17.8. The van der Waals surface area contributed by atoms with Gasteiger partial charge in [-0.25, -0.2) is 9.97 Å². The number of ether oxygens (including phenoxy) is 1. The smallest absolute Gasteiger partial charge is 0.274 e. The second kappa shape index (κ2) is 8.37. The van der Waals surface area contributed by atoms with Gasteiger partial charge in [-0.15, -0.1) is 0 Å². The van der Waals surface area contributed by atoms with Crippen LogP contribution >= 0.6 is 0 Å². The molecule has 0 unspecified atom stereocenters. The second-order valence-electron chi connectivity index (χ2n) is 5.82. The molecule has 1 saturated heterocycles. The van der Waals surface area contributed by atoms with Crippen molar-refractivity contribution in [3.8, 4) is 5.88 Å². The predicted molar refractivity (Wildman–Crippen MR) is 93.9 cm³/mol. The van der Waals surface area contributed by atoms with Gasteiger partial charge in [-0.05, 0) is 25.5 Å². The Kier molecular flexibility index (Phi) is 5.73. The van der Waals surface area contributed by atoms with Gasteiger partial charge in [-0.3, -0.25) is 14.6 Å². The summed E-state index contributed by atoms with van der Waals surface area (Å²) < 4.78 is 5.46. The number of nitrogens with zero attached hydrogens (tertiary/aromatic N) is 5. The lowest BCUT2D eigenvalue weighted by Gasteiger charge is -2.22. The normalized spacial score (nSPS) is 14.7. The van der Waals surface area contributed by atoms with Crippen LogP contribution in [0.4, 0.5) is 0 Å². The molecule has 0 saturated carbocycles. The molecule has 3 heterocycles. The summed E-state index contributed by atoms with van der Waals surface area (Å²) in [7, 11) is 0. The highest BCUT2D eigenvalue weighted by Crippen LogP contribution is 2.18. The molecule has 0 aliphatic carbocycles. The topological polar surface area (TPSA) is 88.5 Å². The van der Waals surface area contributed by atoms with E-state index in [1.54, 1.807) is 28.1 Å². The van der Waals surface area contributed by atoms with Crippen LogP contribution in [-0.4, -0.2) is 69.4 Å². The van der Waals surface area contributed by atoms with Crippen molar-refractivity contribution in [3.63, 3.8) is 0 Å². The van der Waals surface area contributed by atoms with Crippen LogP contribution in [0.3, 0.4) is 0 Å². The number of pyridine rings is 1. The Morgan fingerprint density at radius 2 is 1.81 bits per heavy atom. The molecule has 2 aromatic heterocycles. The van der Waals surface area contributed by atoms with Gasteiger partial charge in [0.1, 0.15) is 11.3 Å². The summed E-state index contributed by atoms with van der Waals surface area (Å²) in [6.45, 7) is 4.34. The average Bonchev–Trinajstić information content (AvgIpc) is 2.94. The quantitative estimate of drug-likeness (QED) is 0.820. The standard InChI is InChI=1S/C18H21N5O3/c1-2-26-16-14(5-3-6-21-16)17(24)22-9-4-10-23(12-11-22)18(25)15-13-19-7-8-20-15/h3,5-8,13H,2,4,9-12H2,1H3. The predicted octanol–water partition coefficient (Wildman–Crippen LogP) is 1.26. The molecule has 2 aromatic rings. The first-order valence-corrected chi connectivity index (χ1v) is 8.63. The zero-order valence-electron chi connectivity index (χ0n) is 14.7. The fraction of sp³-hybridized carbons (Fsp3) is 0.389. The first-order chi connectivity index (χ1) is 12.7. The van der Waals surface area contributed by atoms with Gasteiger partial charge in [0.25, 0.3) is 11.8 Å². The van der Waals surface area contributed by atoms with Gasteiger partial charge in [0, 0.05) is 44.8 Å². The fourth-order valence-electron chi connectivity index (χ4n) is 2.87. The number of carbonyl (C=O) groups is 2. The Labute approximate surface area is 151 Å². The van der Waals surface area contributed by atoms with E-state index in [4.69, 9.17) is 4.74 Å². The van der Waals surface area contributed by atoms with Gasteiger partial charge in [0.2, 0.25) is 5.88 Å². The lowest BCUT2D eigenvalue weighted by atomic mass is 10.2. The van der Waals surface area contributed by atoms with Crippen LogP contribution in [0.5, 0.6) is 5.88 Å². The monoisotopic (exact) mass is 355 g/mol. The molecule has 8 heteroatoms. The van der Waals surface area contributed by atoms with E-state index in [0.717, 1.165) is 0 Å². The van der Waals surface area contributed by atoms with E-state index < -0.39 is 0 Å². The van der Waals surface area contributed by atoms with E-state index in [0.29, 0.717) is 56.3 Å². The zero-order valence-corrected chi connectivity index (χ0v) is 14.7. The molecule has 1 fully saturated rings. The highest BCUT2D eigenvalue weighted by molar-refractivity contribution is 5.96. The van der Waals surface area contributed by atoms with Gasteiger partial charge in [-0.1, -0.05) is 0 Å². The lowest BCUT2D eigenvalue weighted by Crippen LogP contribution is -2.37. The van der Waals surface area contributed by atoms with Crippen LogP contribution in [0.25, 0.3) is 0 Å². The first-order valence-electron chi connectivity index (χ1n) is 8.63. The maximum absolute atomic E-state index is 12.9. The maximum Gasteiger partial charge on any atom is 0.274 e. The third-order valence-electron chi connectivity index (χ3n) is 4.14. The molecule has 0 atom stereocenters. The van der Waals surface area contributed by atoms with Crippen molar-refractivity contribution >= 4 is 11.8 Å². The second-order valence-corrected chi connectivity index (χ2v) is 5.82. The SMILES string of the molecule is CCOc1ncccc1C(=O)N1CCCN(C(=O)c2cnccn2)CC1. The summed E-state index contributed by atoms with van der Waals surface area (Å²) in [5, 5.41) is 0. The number of aromatic nitrogens is 3. The Hall–Kier alpha value is -3.03. The van der Waals surface area contributed by atoms with E-state index in [2.05, 4.69) is 15.0 Å². The number of carbonyl (C=O) groups excluding carboxylic acids is 2. The van der Waals surface area contributed by atoms with Crippen LogP contribution in [0.1, 0.15) is 34.2 Å². The van der Waals surface area contributed by atoms with E-state index in [-0.39, 0.29) is 11.8 Å². The van der Waals surface area contributed by atoms with Crippen molar-refractivity contribution in [2.45, 2.75) is 13.3 Å². The number of hydrogen-bond donors (Lipinski definition) is 0. The van der Waals surface area contributed by atoms with Crippen LogP contribution in [0, 0.1) is 0 Å². The molecule has 1 aliphatic heterocycles. The van der Waals surface area contributed by atoms with Crippen LogP contribution in [0.15, 0.2) is 36.9 Å². The van der Waals surface area contributed by atoms with Gasteiger partial charge in [0.15, 0.2) is 0 Å². The third kappa shape index (κ3) is 3.96. The minimum absolute atomic E-state index is 0.129. The largest absolute Gasteiger partial charge is 0.477 e. The third-order valence-corrected chi connectivity index (χ3v) is 4.14. The molecule has 8 nitrogen and oxygen atoms in total. The molecule has 0 radical (unpaired) electrons. The van der Waals surface area contributed by atoms with Crippen molar-refractivity contribution in [1.82, 2.24) is 24.8 Å². The molecular formula is C18H21N5O3. The maximum atomic E-state index is 12.9. The Morgan fingerprint density at radius 3 is 2.50 bits per heavy atom. The Balaban J connectivity index is 1.69. The molecule has 1 aliphatic rings. The van der Waals surface area contributed by atoms with E-state index >= 15 is 0 Å². The van der Waals surface area contributed by atoms with E-state index in [1.807, 2.05) is 6.92 Å². The van der Waals surface area contributed by atoms with Crippen LogP contribution in [-0.2, 0) is 0 Å². The fourth-order valence-corrected chi connectivity index (χ4v) is 2.87. The molecule has 0 N–H and O–H groups in total. The zero-order chi connectivity index (χ0) is 18.4. The summed E-state index contributed by atoms with van der Waals surface area (Å²) in [5.74, 6) is 0.0517. The van der Waals surface area contributed by atoms with Gasteiger partial charge in [0.05, 0.1) is 12.8 Å². The lowest BCUT2D eigenvalue weighted by molar-refractivity contribution is 0.0712. The van der Waals surface area contributed by atoms with Crippen LogP contribution in [0.2, 0.25) is 0 Å². The highest BCUT2D eigenvalue weighted by Gasteiger charge is 2.26. The van der Waals surface area contributed by atoms with Gasteiger partial charge in [-0.2, -0.15) is 0 Å². The molecule has 0 spiro atoms. The van der Waals surface area contributed by atoms with Crippen molar-refractivity contribution in [2.75, 3.05) is 32.8 Å². The minimum atomic E-state index is -0.163. The summed E-state index contributed by atoms with van der Waals surface area (Å²) in [4.78, 5) is 41.0. The molecule has 3 rings (SSSR count). The van der Waals surface area contributed by atoms with Gasteiger partial charge < -0.3 is 14.5 Å². The minimum Gasteiger partial charge on any atom is -0.477 e. The Bertz CT molecular complexity index is 768. The molecular weight excluding hydrogens is 334 g/mol. The number of rotatable bonds is 4. The highest BCUT2D eigenvalue weighted by atomic mass is 16.5. The number of amides is 2. The van der Waals surface area contributed by atoms with E-state index in [9.17, 15) is 9.59 Å². The average molecular weight is 355 g/mol.